The SMILES string of the molecule is COC(=O)C1=C(Nc2ccc(-c3nc4ccccc4s3)c(Cl)c2)C(=O)N(CCO)C1. The number of ether oxygens (including phenoxy) is 1. The largest absolute Gasteiger partial charge is 0.466 e. The molecule has 1 aliphatic rings. The molecular formula is C21H18ClN3O4S. The average molecular weight is 444 g/mol. The number of nitrogens with zero attached hydrogens (tertiary/aromatic N) is 2. The standard InChI is InChI=1S/C21H18ClN3O4S/c1-29-21(28)14-11-25(8-9-26)20(27)18(14)23-12-6-7-13(15(22)10-12)19-24-16-4-2-3-5-17(16)30-19/h2-7,10,23,26H,8-9,11H2,1H3. The van der Waals surface area contributed by atoms with Gasteiger partial charge in [-0.05, 0) is 30.3 Å². The molecule has 2 N–H and O–H groups in total. The number of rotatable bonds is 6. The number of hydrogen-bond donors (Lipinski definition) is 2. The number of aromatic nitrogens is 1. The lowest BCUT2D eigenvalue weighted by atomic mass is 10.2. The number of aliphatic hydroxyl groups excluding tert-OH is 1. The number of fused-ring (bicyclic) bond motifs is 1. The number of halogens is 1. The van der Waals surface area contributed by atoms with Crippen LogP contribution in [-0.2, 0) is 14.3 Å². The molecule has 0 aliphatic carbocycles. The lowest BCUT2D eigenvalue weighted by molar-refractivity contribution is -0.136. The first kappa shape index (κ1) is 20.3. The van der Waals surface area contributed by atoms with Crippen LogP contribution in [0.15, 0.2) is 53.7 Å². The van der Waals surface area contributed by atoms with Crippen molar-refractivity contribution in [3.05, 3.63) is 58.8 Å². The Hall–Kier alpha value is -2.94. The molecule has 0 saturated heterocycles. The number of methoxy groups -OCH3 is 1. The number of carbonyl (C=O) groups is 2. The van der Waals surface area contributed by atoms with Crippen molar-refractivity contribution in [1.29, 1.82) is 0 Å². The number of hydrogen-bond acceptors (Lipinski definition) is 7. The van der Waals surface area contributed by atoms with Gasteiger partial charge >= 0.3 is 5.97 Å². The number of nitrogens with one attached hydrogen (secondary N) is 1. The van der Waals surface area contributed by atoms with E-state index in [2.05, 4.69) is 10.3 Å². The first-order valence-electron chi connectivity index (χ1n) is 9.16. The minimum absolute atomic E-state index is 0.0753. The Labute approximate surface area is 181 Å². The highest BCUT2D eigenvalue weighted by Gasteiger charge is 2.34. The second kappa shape index (κ2) is 8.43. The van der Waals surface area contributed by atoms with E-state index in [4.69, 9.17) is 21.4 Å². The van der Waals surface area contributed by atoms with Crippen molar-refractivity contribution in [3.63, 3.8) is 0 Å². The molecule has 0 bridgehead atoms. The lowest BCUT2D eigenvalue weighted by Crippen LogP contribution is -2.31. The summed E-state index contributed by atoms with van der Waals surface area (Å²) in [5.74, 6) is -0.973. The Morgan fingerprint density at radius 3 is 2.83 bits per heavy atom. The fraction of sp³-hybridized carbons (Fsp3) is 0.190. The second-order valence-electron chi connectivity index (χ2n) is 6.60. The predicted octanol–water partition coefficient (Wildman–Crippen LogP) is 3.29. The second-order valence-corrected chi connectivity index (χ2v) is 8.04. The summed E-state index contributed by atoms with van der Waals surface area (Å²) in [6, 6.07) is 13.1. The maximum atomic E-state index is 12.6. The van der Waals surface area contributed by atoms with Crippen LogP contribution in [0, 0.1) is 0 Å². The Kier molecular flexibility index (Phi) is 5.72. The van der Waals surface area contributed by atoms with E-state index < -0.39 is 5.97 Å². The topological polar surface area (TPSA) is 91.8 Å². The minimum atomic E-state index is -0.594. The van der Waals surface area contributed by atoms with Gasteiger partial charge in [0, 0.05) is 17.8 Å². The molecule has 0 saturated carbocycles. The summed E-state index contributed by atoms with van der Waals surface area (Å²) in [5.41, 5.74) is 2.58. The highest BCUT2D eigenvalue weighted by molar-refractivity contribution is 7.21. The van der Waals surface area contributed by atoms with Crippen molar-refractivity contribution in [1.82, 2.24) is 9.88 Å². The molecule has 0 unspecified atom stereocenters. The quantitative estimate of drug-likeness (QED) is 0.568. The van der Waals surface area contributed by atoms with Gasteiger partial charge in [0.2, 0.25) is 0 Å². The smallest absolute Gasteiger partial charge is 0.337 e. The van der Waals surface area contributed by atoms with Crippen LogP contribution in [0.3, 0.4) is 0 Å². The van der Waals surface area contributed by atoms with Crippen molar-refractivity contribution >= 4 is 50.7 Å². The molecule has 1 amide bonds. The Morgan fingerprint density at radius 1 is 1.33 bits per heavy atom. The summed E-state index contributed by atoms with van der Waals surface area (Å²) < 4.78 is 5.86. The molecule has 0 radical (unpaired) electrons. The third kappa shape index (κ3) is 3.77. The van der Waals surface area contributed by atoms with Gasteiger partial charge in [-0.15, -0.1) is 11.3 Å². The van der Waals surface area contributed by atoms with Gasteiger partial charge in [0.15, 0.2) is 0 Å². The van der Waals surface area contributed by atoms with Crippen molar-refractivity contribution in [2.45, 2.75) is 0 Å². The Balaban J connectivity index is 1.63. The van der Waals surface area contributed by atoms with Crippen LogP contribution in [0.4, 0.5) is 5.69 Å². The molecule has 1 aliphatic heterocycles. The van der Waals surface area contributed by atoms with E-state index in [-0.39, 0.29) is 36.9 Å². The van der Waals surface area contributed by atoms with Gasteiger partial charge in [-0.25, -0.2) is 9.78 Å². The van der Waals surface area contributed by atoms with Crippen LogP contribution in [0.25, 0.3) is 20.8 Å². The third-order valence-corrected chi connectivity index (χ3v) is 6.10. The molecule has 4 rings (SSSR count). The molecule has 0 spiro atoms. The molecule has 30 heavy (non-hydrogen) atoms. The summed E-state index contributed by atoms with van der Waals surface area (Å²) in [5, 5.41) is 13.4. The molecular weight excluding hydrogens is 426 g/mol. The lowest BCUT2D eigenvalue weighted by Gasteiger charge is -2.15. The zero-order chi connectivity index (χ0) is 21.3. The van der Waals surface area contributed by atoms with Crippen LogP contribution in [0.2, 0.25) is 5.02 Å². The van der Waals surface area contributed by atoms with Crippen LogP contribution in [0.5, 0.6) is 0 Å². The fourth-order valence-electron chi connectivity index (χ4n) is 3.25. The van der Waals surface area contributed by atoms with Gasteiger partial charge < -0.3 is 20.1 Å². The minimum Gasteiger partial charge on any atom is -0.466 e. The van der Waals surface area contributed by atoms with Gasteiger partial charge in [0.05, 0.1) is 41.1 Å². The van der Waals surface area contributed by atoms with Gasteiger partial charge in [0.1, 0.15) is 10.7 Å². The number of para-hydroxylation sites is 1. The average Bonchev–Trinajstić information content (AvgIpc) is 3.30. The van der Waals surface area contributed by atoms with E-state index in [1.165, 1.54) is 12.0 Å². The summed E-state index contributed by atoms with van der Waals surface area (Å²) in [6.07, 6.45) is 0. The summed E-state index contributed by atoms with van der Waals surface area (Å²) >= 11 is 8.05. The normalized spacial score (nSPS) is 14.0. The summed E-state index contributed by atoms with van der Waals surface area (Å²) in [6.45, 7) is 0.00386. The number of carbonyl (C=O) groups excluding carboxylic acids is 2. The zero-order valence-corrected chi connectivity index (χ0v) is 17.6. The number of aliphatic hydroxyl groups is 1. The maximum Gasteiger partial charge on any atom is 0.337 e. The molecule has 7 nitrogen and oxygen atoms in total. The van der Waals surface area contributed by atoms with Crippen molar-refractivity contribution < 1.29 is 19.4 Å². The number of esters is 1. The van der Waals surface area contributed by atoms with Gasteiger partial charge in [-0.3, -0.25) is 4.79 Å². The van der Waals surface area contributed by atoms with Crippen molar-refractivity contribution in [3.8, 4) is 10.6 Å². The first-order valence-corrected chi connectivity index (χ1v) is 10.4. The van der Waals surface area contributed by atoms with Crippen molar-refractivity contribution in [2.75, 3.05) is 32.1 Å². The van der Waals surface area contributed by atoms with E-state index in [1.807, 2.05) is 30.3 Å². The molecule has 9 heteroatoms. The van der Waals surface area contributed by atoms with Crippen LogP contribution in [0.1, 0.15) is 0 Å². The predicted molar refractivity (Wildman–Crippen MR) is 116 cm³/mol. The Morgan fingerprint density at radius 2 is 2.13 bits per heavy atom. The molecule has 2 heterocycles. The van der Waals surface area contributed by atoms with Crippen LogP contribution >= 0.6 is 22.9 Å². The van der Waals surface area contributed by atoms with E-state index in [0.29, 0.717) is 10.7 Å². The van der Waals surface area contributed by atoms with E-state index in [9.17, 15) is 9.59 Å². The van der Waals surface area contributed by atoms with Crippen LogP contribution in [-0.4, -0.2) is 53.7 Å². The molecule has 0 atom stereocenters. The molecule has 3 aromatic rings. The summed E-state index contributed by atoms with van der Waals surface area (Å²) in [4.78, 5) is 30.8. The number of β-amino-alcohol motifs (C(OH)–C–C–N with tert-alkyl or cyclic N) is 1. The van der Waals surface area contributed by atoms with Crippen LogP contribution < -0.4 is 5.32 Å². The number of benzene rings is 2. The number of anilines is 1. The molecule has 2 aromatic carbocycles. The molecule has 154 valence electrons. The Bertz CT molecular complexity index is 1140. The van der Waals surface area contributed by atoms with Gasteiger partial charge in [-0.2, -0.15) is 0 Å². The van der Waals surface area contributed by atoms with E-state index in [0.717, 1.165) is 20.8 Å². The number of amides is 1. The third-order valence-electron chi connectivity index (χ3n) is 4.72. The van der Waals surface area contributed by atoms with Gasteiger partial charge in [0.25, 0.3) is 5.91 Å². The van der Waals surface area contributed by atoms with E-state index >= 15 is 0 Å². The summed E-state index contributed by atoms with van der Waals surface area (Å²) in [7, 11) is 1.26. The van der Waals surface area contributed by atoms with Crippen molar-refractivity contribution in [2.24, 2.45) is 0 Å². The highest BCUT2D eigenvalue weighted by atomic mass is 35.5. The molecule has 0 fully saturated rings. The monoisotopic (exact) mass is 443 g/mol. The van der Waals surface area contributed by atoms with E-state index in [1.54, 1.807) is 23.5 Å². The highest BCUT2D eigenvalue weighted by Crippen LogP contribution is 2.36. The number of thiazole rings is 1. The molecule has 1 aromatic heterocycles. The first-order chi connectivity index (χ1) is 14.5. The van der Waals surface area contributed by atoms with Gasteiger partial charge in [-0.1, -0.05) is 23.7 Å². The fourth-order valence-corrected chi connectivity index (χ4v) is 4.58. The zero-order valence-electron chi connectivity index (χ0n) is 16.0. The maximum absolute atomic E-state index is 12.6.